The van der Waals surface area contributed by atoms with Crippen LogP contribution in [0.5, 0.6) is 0 Å². The maximum atomic E-state index is 12.2. The van der Waals surface area contributed by atoms with Gasteiger partial charge in [0.25, 0.3) is 0 Å². The summed E-state index contributed by atoms with van der Waals surface area (Å²) >= 11 is 0. The maximum Gasteiger partial charge on any atom is 0.180 e. The molecule has 0 heterocycles. The van der Waals surface area contributed by atoms with Crippen molar-refractivity contribution in [2.75, 3.05) is 12.4 Å². The lowest BCUT2D eigenvalue weighted by atomic mass is 10.1. The first-order valence-electron chi connectivity index (χ1n) is 7.11. The van der Waals surface area contributed by atoms with E-state index in [1.807, 2.05) is 30.3 Å². The Morgan fingerprint density at radius 3 is 2.27 bits per heavy atom. The fourth-order valence-corrected chi connectivity index (χ4v) is 3.13. The van der Waals surface area contributed by atoms with Gasteiger partial charge < -0.3 is 9.84 Å². The van der Waals surface area contributed by atoms with Crippen molar-refractivity contribution in [2.45, 2.75) is 24.5 Å². The van der Waals surface area contributed by atoms with Crippen molar-refractivity contribution in [1.29, 1.82) is 0 Å². The highest BCUT2D eigenvalue weighted by atomic mass is 32.2. The van der Waals surface area contributed by atoms with Crippen molar-refractivity contribution in [3.63, 3.8) is 0 Å². The molecule has 0 spiro atoms. The second-order valence-corrected chi connectivity index (χ2v) is 7.21. The minimum absolute atomic E-state index is 0.0616. The van der Waals surface area contributed by atoms with Crippen LogP contribution in [0.3, 0.4) is 0 Å². The summed E-state index contributed by atoms with van der Waals surface area (Å²) in [5.41, 5.74) is 1.71. The van der Waals surface area contributed by atoms with Crippen molar-refractivity contribution in [3.05, 3.63) is 65.7 Å². The number of rotatable bonds is 7. The number of hydrogen-bond donors (Lipinski definition) is 1. The Morgan fingerprint density at radius 2 is 1.68 bits per heavy atom. The van der Waals surface area contributed by atoms with Gasteiger partial charge in [-0.15, -0.1) is 0 Å². The Balaban J connectivity index is 1.88. The van der Waals surface area contributed by atoms with E-state index in [-0.39, 0.29) is 17.3 Å². The quantitative estimate of drug-likeness (QED) is 0.797. The third kappa shape index (κ3) is 4.66. The smallest absolute Gasteiger partial charge is 0.180 e. The number of hydrogen-bond acceptors (Lipinski definition) is 4. The highest BCUT2D eigenvalue weighted by Crippen LogP contribution is 2.17. The molecule has 0 aliphatic rings. The van der Waals surface area contributed by atoms with Crippen LogP contribution in [0.1, 0.15) is 24.2 Å². The van der Waals surface area contributed by atoms with Crippen molar-refractivity contribution in [2.24, 2.45) is 0 Å². The molecule has 5 heteroatoms. The monoisotopic (exact) mass is 320 g/mol. The molecule has 2 aromatic rings. The number of sulfone groups is 1. The largest absolute Gasteiger partial charge is 0.389 e. The van der Waals surface area contributed by atoms with Crippen LogP contribution in [0, 0.1) is 0 Å². The van der Waals surface area contributed by atoms with Crippen LogP contribution < -0.4 is 0 Å². The predicted octanol–water partition coefficient (Wildman–Crippen LogP) is 2.73. The molecule has 0 saturated carbocycles. The van der Waals surface area contributed by atoms with Gasteiger partial charge in [-0.3, -0.25) is 0 Å². The van der Waals surface area contributed by atoms with Gasteiger partial charge in [-0.1, -0.05) is 42.5 Å². The minimum Gasteiger partial charge on any atom is -0.389 e. The van der Waals surface area contributed by atoms with Gasteiger partial charge in [-0.25, -0.2) is 8.42 Å². The first kappa shape index (κ1) is 16.7. The summed E-state index contributed by atoms with van der Waals surface area (Å²) < 4.78 is 29.8. The Hall–Kier alpha value is -1.69. The van der Waals surface area contributed by atoms with Crippen LogP contribution in [0.4, 0.5) is 0 Å². The molecule has 2 rings (SSSR count). The molecule has 118 valence electrons. The van der Waals surface area contributed by atoms with Crippen molar-refractivity contribution < 1.29 is 18.3 Å². The molecule has 0 aliphatic carbocycles. The van der Waals surface area contributed by atoms with E-state index in [4.69, 9.17) is 4.74 Å². The third-order valence-electron chi connectivity index (χ3n) is 3.33. The molecule has 1 N–H and O–H groups in total. The molecule has 0 radical (unpaired) electrons. The zero-order chi connectivity index (χ0) is 16.0. The maximum absolute atomic E-state index is 12.2. The third-order valence-corrected chi connectivity index (χ3v) is 5.02. The van der Waals surface area contributed by atoms with Gasteiger partial charge >= 0.3 is 0 Å². The molecule has 0 amide bonds. The molecule has 0 aromatic heterocycles. The van der Waals surface area contributed by atoms with Gasteiger partial charge in [0.05, 0.1) is 30.0 Å². The van der Waals surface area contributed by atoms with Gasteiger partial charge in [-0.05, 0) is 30.2 Å². The standard InChI is InChI=1S/C17H20O4S/c1-14(18)16-7-9-17(10-8-16)22(19,20)12-11-21-13-15-5-3-2-4-6-15/h2-10,14,18H,11-13H2,1H3. The Morgan fingerprint density at radius 1 is 1.05 bits per heavy atom. The lowest BCUT2D eigenvalue weighted by Crippen LogP contribution is -2.12. The lowest BCUT2D eigenvalue weighted by Gasteiger charge is -2.08. The summed E-state index contributed by atoms with van der Waals surface area (Å²) in [6, 6.07) is 15.9. The van der Waals surface area contributed by atoms with E-state index < -0.39 is 15.9 Å². The van der Waals surface area contributed by atoms with Gasteiger partial charge in [-0.2, -0.15) is 0 Å². The van der Waals surface area contributed by atoms with Crippen molar-refractivity contribution in [3.8, 4) is 0 Å². The number of aliphatic hydroxyl groups excluding tert-OH is 1. The van der Waals surface area contributed by atoms with E-state index in [0.717, 1.165) is 5.56 Å². The summed E-state index contributed by atoms with van der Waals surface area (Å²) in [6.45, 7) is 2.19. The topological polar surface area (TPSA) is 63.6 Å². The SMILES string of the molecule is CC(O)c1ccc(S(=O)(=O)CCOCc2ccccc2)cc1. The van der Waals surface area contributed by atoms with Gasteiger partial charge in [0.2, 0.25) is 0 Å². The molecule has 4 nitrogen and oxygen atoms in total. The van der Waals surface area contributed by atoms with Crippen molar-refractivity contribution >= 4 is 9.84 Å². The molecule has 22 heavy (non-hydrogen) atoms. The first-order chi connectivity index (χ1) is 10.5. The molecule has 1 atom stereocenters. The first-order valence-corrected chi connectivity index (χ1v) is 8.77. The summed E-state index contributed by atoms with van der Waals surface area (Å²) in [4.78, 5) is 0.250. The van der Waals surface area contributed by atoms with Gasteiger partial charge in [0.1, 0.15) is 0 Å². The van der Waals surface area contributed by atoms with E-state index in [2.05, 4.69) is 0 Å². The molecular weight excluding hydrogens is 300 g/mol. The molecular formula is C17H20O4S. The minimum atomic E-state index is -3.36. The molecule has 0 fully saturated rings. The average Bonchev–Trinajstić information content (AvgIpc) is 2.53. The fourth-order valence-electron chi connectivity index (χ4n) is 2.00. The number of ether oxygens (including phenoxy) is 1. The summed E-state index contributed by atoms with van der Waals surface area (Å²) in [5, 5.41) is 9.43. The molecule has 0 aliphatic heterocycles. The molecule has 2 aromatic carbocycles. The normalized spacial score (nSPS) is 13.0. The average molecular weight is 320 g/mol. The zero-order valence-electron chi connectivity index (χ0n) is 12.5. The highest BCUT2D eigenvalue weighted by Gasteiger charge is 2.14. The Labute approximate surface area is 131 Å². The van der Waals surface area contributed by atoms with E-state index in [1.54, 1.807) is 19.1 Å². The van der Waals surface area contributed by atoms with Crippen LogP contribution in [-0.2, 0) is 21.2 Å². The fraction of sp³-hybridized carbons (Fsp3) is 0.294. The zero-order valence-corrected chi connectivity index (χ0v) is 13.3. The molecule has 0 saturated heterocycles. The van der Waals surface area contributed by atoms with Crippen LogP contribution >= 0.6 is 0 Å². The van der Waals surface area contributed by atoms with Crippen LogP contribution in [0.15, 0.2) is 59.5 Å². The molecule has 0 bridgehead atoms. The summed E-state index contributed by atoms with van der Waals surface area (Å²) in [6.07, 6.45) is -0.606. The van der Waals surface area contributed by atoms with Crippen LogP contribution in [0.25, 0.3) is 0 Å². The Bertz CT molecular complexity index is 676. The van der Waals surface area contributed by atoms with E-state index in [9.17, 15) is 13.5 Å². The second-order valence-electron chi connectivity index (χ2n) is 5.10. The summed E-state index contributed by atoms with van der Waals surface area (Å²) in [7, 11) is -3.36. The highest BCUT2D eigenvalue weighted by molar-refractivity contribution is 7.91. The number of aliphatic hydroxyl groups is 1. The lowest BCUT2D eigenvalue weighted by molar-refractivity contribution is 0.135. The Kier molecular flexibility index (Phi) is 5.71. The van der Waals surface area contributed by atoms with E-state index >= 15 is 0 Å². The molecule has 1 unspecified atom stereocenters. The van der Waals surface area contributed by atoms with Crippen LogP contribution in [0.2, 0.25) is 0 Å². The second kappa shape index (κ2) is 7.54. The number of benzene rings is 2. The predicted molar refractivity (Wildman–Crippen MR) is 85.2 cm³/mol. The van der Waals surface area contributed by atoms with Crippen LogP contribution in [-0.4, -0.2) is 25.9 Å². The summed E-state index contributed by atoms with van der Waals surface area (Å²) in [5.74, 6) is -0.0616. The van der Waals surface area contributed by atoms with Crippen molar-refractivity contribution in [1.82, 2.24) is 0 Å². The van der Waals surface area contributed by atoms with E-state index in [1.165, 1.54) is 12.1 Å². The van der Waals surface area contributed by atoms with E-state index in [0.29, 0.717) is 12.2 Å². The van der Waals surface area contributed by atoms with Gasteiger partial charge in [0, 0.05) is 0 Å². The van der Waals surface area contributed by atoms with Gasteiger partial charge in [0.15, 0.2) is 9.84 Å².